The highest BCUT2D eigenvalue weighted by Gasteiger charge is 2.10. The number of halogens is 1. The lowest BCUT2D eigenvalue weighted by Crippen LogP contribution is -2.13. The highest BCUT2D eigenvalue weighted by atomic mass is 35.5. The number of benzene rings is 2. The Kier molecular flexibility index (Phi) is 4.05. The van der Waals surface area contributed by atoms with Gasteiger partial charge in [-0.15, -0.1) is 0 Å². The monoisotopic (exact) mass is 289 g/mol. The Bertz CT molecular complexity index is 665. The number of carbonyl (C=O) groups excluding carboxylic acids is 1. The van der Waals surface area contributed by atoms with Crippen LogP contribution >= 0.6 is 11.6 Å². The molecule has 0 radical (unpaired) electrons. The van der Waals surface area contributed by atoms with Crippen molar-refractivity contribution < 1.29 is 14.7 Å². The molecule has 2 N–H and O–H groups in total. The van der Waals surface area contributed by atoms with Crippen molar-refractivity contribution in [2.24, 2.45) is 0 Å². The summed E-state index contributed by atoms with van der Waals surface area (Å²) in [5.74, 6) is -1.29. The van der Waals surface area contributed by atoms with Crippen molar-refractivity contribution in [2.75, 3.05) is 5.32 Å². The standard InChI is InChI=1S/C15H12ClNO3/c1-9-2-5-11(16)8-13(9)14(18)17-12-6-3-10(4-7-12)15(19)20/h2-8H,1H3,(H,17,18)(H,19,20). The molecule has 0 aliphatic rings. The molecule has 0 unspecified atom stereocenters. The molecule has 0 saturated heterocycles. The Balaban J connectivity index is 2.19. The van der Waals surface area contributed by atoms with Crippen molar-refractivity contribution in [2.45, 2.75) is 6.92 Å². The van der Waals surface area contributed by atoms with E-state index in [0.717, 1.165) is 5.56 Å². The van der Waals surface area contributed by atoms with Crippen molar-refractivity contribution >= 4 is 29.2 Å². The molecule has 0 saturated carbocycles. The zero-order valence-corrected chi connectivity index (χ0v) is 11.4. The summed E-state index contributed by atoms with van der Waals surface area (Å²) in [7, 11) is 0. The summed E-state index contributed by atoms with van der Waals surface area (Å²) in [6, 6.07) is 11.0. The molecule has 0 fully saturated rings. The summed E-state index contributed by atoms with van der Waals surface area (Å²) in [5.41, 5.74) is 2.00. The fourth-order valence-corrected chi connectivity index (χ4v) is 1.91. The first-order valence-corrected chi connectivity index (χ1v) is 6.26. The molecule has 2 aromatic carbocycles. The highest BCUT2D eigenvalue weighted by molar-refractivity contribution is 6.31. The van der Waals surface area contributed by atoms with Gasteiger partial charge in [-0.2, -0.15) is 0 Å². The van der Waals surface area contributed by atoms with Gasteiger partial charge >= 0.3 is 5.97 Å². The molecular formula is C15H12ClNO3. The van der Waals surface area contributed by atoms with Gasteiger partial charge in [0, 0.05) is 16.3 Å². The average molecular weight is 290 g/mol. The molecule has 1 amide bonds. The van der Waals surface area contributed by atoms with E-state index in [2.05, 4.69) is 5.32 Å². The van der Waals surface area contributed by atoms with Gasteiger partial charge in [0.15, 0.2) is 0 Å². The first-order chi connectivity index (χ1) is 9.47. The molecule has 0 aliphatic carbocycles. The number of aromatic carboxylic acids is 1. The molecule has 20 heavy (non-hydrogen) atoms. The fraction of sp³-hybridized carbons (Fsp3) is 0.0667. The van der Waals surface area contributed by atoms with Crippen LogP contribution in [0.15, 0.2) is 42.5 Å². The number of hydrogen-bond donors (Lipinski definition) is 2. The van der Waals surface area contributed by atoms with E-state index in [1.54, 1.807) is 30.3 Å². The number of carboxylic acids is 1. The Hall–Kier alpha value is -2.33. The molecule has 0 aromatic heterocycles. The zero-order valence-electron chi connectivity index (χ0n) is 10.7. The summed E-state index contributed by atoms with van der Waals surface area (Å²) in [6.07, 6.45) is 0. The summed E-state index contributed by atoms with van der Waals surface area (Å²) in [5, 5.41) is 12.0. The smallest absolute Gasteiger partial charge is 0.335 e. The minimum Gasteiger partial charge on any atom is -0.478 e. The molecule has 0 atom stereocenters. The fourth-order valence-electron chi connectivity index (χ4n) is 1.73. The van der Waals surface area contributed by atoms with Crippen LogP contribution in [0.2, 0.25) is 5.02 Å². The van der Waals surface area contributed by atoms with Crippen LogP contribution in [0, 0.1) is 6.92 Å². The number of nitrogens with one attached hydrogen (secondary N) is 1. The number of anilines is 1. The Morgan fingerprint density at radius 2 is 1.75 bits per heavy atom. The third kappa shape index (κ3) is 3.16. The lowest BCUT2D eigenvalue weighted by atomic mass is 10.1. The van der Waals surface area contributed by atoms with E-state index in [0.29, 0.717) is 16.3 Å². The number of aryl methyl sites for hydroxylation is 1. The van der Waals surface area contributed by atoms with Crippen LogP contribution in [-0.2, 0) is 0 Å². The predicted octanol–water partition coefficient (Wildman–Crippen LogP) is 3.60. The van der Waals surface area contributed by atoms with Crippen LogP contribution in [0.25, 0.3) is 0 Å². The molecule has 2 rings (SSSR count). The van der Waals surface area contributed by atoms with Gasteiger partial charge in [0.2, 0.25) is 0 Å². The topological polar surface area (TPSA) is 66.4 Å². The zero-order chi connectivity index (χ0) is 14.7. The van der Waals surface area contributed by atoms with Gasteiger partial charge in [-0.05, 0) is 48.9 Å². The normalized spacial score (nSPS) is 10.1. The second-order valence-corrected chi connectivity index (χ2v) is 4.73. The van der Waals surface area contributed by atoms with Crippen LogP contribution in [0.5, 0.6) is 0 Å². The Morgan fingerprint density at radius 1 is 1.10 bits per heavy atom. The molecule has 0 spiro atoms. The molecule has 0 bridgehead atoms. The van der Waals surface area contributed by atoms with E-state index in [4.69, 9.17) is 16.7 Å². The first-order valence-electron chi connectivity index (χ1n) is 5.88. The van der Waals surface area contributed by atoms with Gasteiger partial charge in [0.25, 0.3) is 5.91 Å². The van der Waals surface area contributed by atoms with E-state index in [-0.39, 0.29) is 11.5 Å². The van der Waals surface area contributed by atoms with Crippen LogP contribution in [0.4, 0.5) is 5.69 Å². The number of amides is 1. The molecule has 102 valence electrons. The SMILES string of the molecule is Cc1ccc(Cl)cc1C(=O)Nc1ccc(C(=O)O)cc1. The molecule has 5 heteroatoms. The van der Waals surface area contributed by atoms with Crippen molar-refractivity contribution in [3.8, 4) is 0 Å². The van der Waals surface area contributed by atoms with Crippen molar-refractivity contribution in [3.05, 3.63) is 64.2 Å². The number of carboxylic acid groups (broad SMARTS) is 1. The van der Waals surface area contributed by atoms with Crippen molar-refractivity contribution in [1.82, 2.24) is 0 Å². The van der Waals surface area contributed by atoms with Gasteiger partial charge in [0.05, 0.1) is 5.56 Å². The van der Waals surface area contributed by atoms with Gasteiger partial charge in [-0.25, -0.2) is 4.79 Å². The molecule has 2 aromatic rings. The number of carbonyl (C=O) groups is 2. The number of hydrogen-bond acceptors (Lipinski definition) is 2. The van der Waals surface area contributed by atoms with Crippen LogP contribution < -0.4 is 5.32 Å². The minimum absolute atomic E-state index is 0.168. The van der Waals surface area contributed by atoms with E-state index in [9.17, 15) is 9.59 Å². The highest BCUT2D eigenvalue weighted by Crippen LogP contribution is 2.17. The second-order valence-electron chi connectivity index (χ2n) is 4.30. The van der Waals surface area contributed by atoms with Gasteiger partial charge in [0.1, 0.15) is 0 Å². The van der Waals surface area contributed by atoms with Gasteiger partial charge in [-0.3, -0.25) is 4.79 Å². The quantitative estimate of drug-likeness (QED) is 0.907. The summed E-state index contributed by atoms with van der Waals surface area (Å²) in [6.45, 7) is 1.82. The van der Waals surface area contributed by atoms with Crippen molar-refractivity contribution in [3.63, 3.8) is 0 Å². The third-order valence-electron chi connectivity index (χ3n) is 2.83. The largest absolute Gasteiger partial charge is 0.478 e. The minimum atomic E-state index is -1.01. The summed E-state index contributed by atoms with van der Waals surface area (Å²) >= 11 is 5.87. The molecule has 4 nitrogen and oxygen atoms in total. The maximum absolute atomic E-state index is 12.1. The van der Waals surface area contributed by atoms with Gasteiger partial charge in [-0.1, -0.05) is 17.7 Å². The predicted molar refractivity (Wildman–Crippen MR) is 77.5 cm³/mol. The lowest BCUT2D eigenvalue weighted by molar-refractivity contribution is 0.0696. The van der Waals surface area contributed by atoms with E-state index in [1.165, 1.54) is 12.1 Å². The third-order valence-corrected chi connectivity index (χ3v) is 3.07. The molecular weight excluding hydrogens is 278 g/mol. The summed E-state index contributed by atoms with van der Waals surface area (Å²) < 4.78 is 0. The summed E-state index contributed by atoms with van der Waals surface area (Å²) in [4.78, 5) is 22.9. The number of rotatable bonds is 3. The Labute approximate surface area is 121 Å². The first kappa shape index (κ1) is 14.1. The van der Waals surface area contributed by atoms with Gasteiger partial charge < -0.3 is 10.4 Å². The maximum Gasteiger partial charge on any atom is 0.335 e. The van der Waals surface area contributed by atoms with Crippen LogP contribution in [-0.4, -0.2) is 17.0 Å². The van der Waals surface area contributed by atoms with Crippen LogP contribution in [0.1, 0.15) is 26.3 Å². The van der Waals surface area contributed by atoms with Crippen molar-refractivity contribution in [1.29, 1.82) is 0 Å². The van der Waals surface area contributed by atoms with E-state index < -0.39 is 5.97 Å². The van der Waals surface area contributed by atoms with Crippen LogP contribution in [0.3, 0.4) is 0 Å². The van der Waals surface area contributed by atoms with E-state index >= 15 is 0 Å². The average Bonchev–Trinajstić information content (AvgIpc) is 2.42. The van der Waals surface area contributed by atoms with E-state index in [1.807, 2.05) is 6.92 Å². The maximum atomic E-state index is 12.1. The lowest BCUT2D eigenvalue weighted by Gasteiger charge is -2.08. The molecule has 0 aliphatic heterocycles. The second kappa shape index (κ2) is 5.75. The Morgan fingerprint density at radius 3 is 2.35 bits per heavy atom. The molecule has 0 heterocycles.